The minimum absolute atomic E-state index is 0. The molecule has 2 unspecified atom stereocenters. The van der Waals surface area contributed by atoms with Crippen LogP contribution in [0.25, 0.3) is 0 Å². The minimum Gasteiger partial charge on any atom is -0.354 e. The van der Waals surface area contributed by atoms with E-state index in [4.69, 9.17) is 5.73 Å². The van der Waals surface area contributed by atoms with Gasteiger partial charge in [-0.25, -0.2) is 0 Å². The molecule has 0 spiro atoms. The van der Waals surface area contributed by atoms with Crippen LogP contribution in [0.3, 0.4) is 0 Å². The predicted octanol–water partition coefficient (Wildman–Crippen LogP) is 3.73. The molecule has 2 rings (SSSR count). The number of hydrogen-bond donors (Lipinski definition) is 2. The molecule has 0 fully saturated rings. The van der Waals surface area contributed by atoms with Crippen molar-refractivity contribution in [2.75, 3.05) is 6.54 Å². The van der Waals surface area contributed by atoms with Crippen LogP contribution < -0.4 is 11.1 Å². The zero-order chi connectivity index (χ0) is 15.9. The highest BCUT2D eigenvalue weighted by Gasteiger charge is 2.14. The van der Waals surface area contributed by atoms with Crippen molar-refractivity contribution in [2.45, 2.75) is 32.2 Å². The van der Waals surface area contributed by atoms with Crippen LogP contribution in [0.1, 0.15) is 42.0 Å². The van der Waals surface area contributed by atoms with E-state index in [0.717, 1.165) is 5.56 Å². The van der Waals surface area contributed by atoms with E-state index in [0.29, 0.717) is 13.0 Å². The molecular formula is C19H25ClN2O. The van der Waals surface area contributed by atoms with Crippen LogP contribution in [0.5, 0.6) is 0 Å². The van der Waals surface area contributed by atoms with Gasteiger partial charge in [-0.2, -0.15) is 0 Å². The van der Waals surface area contributed by atoms with E-state index in [1.165, 1.54) is 11.1 Å². The minimum atomic E-state index is -0.168. The Kier molecular flexibility index (Phi) is 7.79. The smallest absolute Gasteiger partial charge is 0.220 e. The van der Waals surface area contributed by atoms with E-state index in [2.05, 4.69) is 31.3 Å². The second-order valence-electron chi connectivity index (χ2n) is 5.78. The second kappa shape index (κ2) is 9.33. The molecule has 3 N–H and O–H groups in total. The summed E-state index contributed by atoms with van der Waals surface area (Å²) in [5, 5.41) is 2.94. The van der Waals surface area contributed by atoms with Crippen LogP contribution in [0.2, 0.25) is 0 Å². The van der Waals surface area contributed by atoms with Gasteiger partial charge in [-0.1, -0.05) is 61.5 Å². The molecule has 4 heteroatoms. The standard InChI is InChI=1S/C19H24N2O.ClH/c1-14-8-6-7-11-17(14)15(2)12-19(22)21-13-18(20)16-9-4-3-5-10-16;/h3-11,15,18H,12-13,20H2,1-2H3,(H,21,22);1H. The highest BCUT2D eigenvalue weighted by molar-refractivity contribution is 5.85. The van der Waals surface area contributed by atoms with Crippen molar-refractivity contribution in [3.63, 3.8) is 0 Å². The third kappa shape index (κ3) is 5.70. The molecule has 0 bridgehead atoms. The Morgan fingerprint density at radius 1 is 1.09 bits per heavy atom. The van der Waals surface area contributed by atoms with E-state index in [9.17, 15) is 4.79 Å². The van der Waals surface area contributed by atoms with Gasteiger partial charge in [-0.05, 0) is 29.5 Å². The van der Waals surface area contributed by atoms with E-state index < -0.39 is 0 Å². The molecule has 2 aromatic carbocycles. The average Bonchev–Trinajstić information content (AvgIpc) is 2.53. The number of rotatable bonds is 6. The van der Waals surface area contributed by atoms with Crippen LogP contribution >= 0.6 is 12.4 Å². The lowest BCUT2D eigenvalue weighted by molar-refractivity contribution is -0.121. The fraction of sp³-hybridized carbons (Fsp3) is 0.316. The number of nitrogens with two attached hydrogens (primary N) is 1. The van der Waals surface area contributed by atoms with Gasteiger partial charge in [0.25, 0.3) is 0 Å². The lowest BCUT2D eigenvalue weighted by Gasteiger charge is -2.16. The SMILES string of the molecule is Cc1ccccc1C(C)CC(=O)NCC(N)c1ccccc1.Cl. The van der Waals surface area contributed by atoms with Gasteiger partial charge in [-0.3, -0.25) is 4.79 Å². The number of carbonyl (C=O) groups is 1. The topological polar surface area (TPSA) is 55.1 Å². The van der Waals surface area contributed by atoms with Gasteiger partial charge in [0.15, 0.2) is 0 Å². The first-order valence-corrected chi connectivity index (χ1v) is 7.70. The number of halogens is 1. The number of nitrogens with one attached hydrogen (secondary N) is 1. The Labute approximate surface area is 144 Å². The van der Waals surface area contributed by atoms with Gasteiger partial charge in [0.1, 0.15) is 0 Å². The Morgan fingerprint density at radius 3 is 2.35 bits per heavy atom. The summed E-state index contributed by atoms with van der Waals surface area (Å²) in [5.74, 6) is 0.247. The van der Waals surface area contributed by atoms with Crippen LogP contribution in [0, 0.1) is 6.92 Å². The fourth-order valence-electron chi connectivity index (χ4n) is 2.64. The van der Waals surface area contributed by atoms with E-state index in [-0.39, 0.29) is 30.3 Å². The molecule has 0 aromatic heterocycles. The monoisotopic (exact) mass is 332 g/mol. The summed E-state index contributed by atoms with van der Waals surface area (Å²) in [7, 11) is 0. The summed E-state index contributed by atoms with van der Waals surface area (Å²) < 4.78 is 0. The first kappa shape index (κ1) is 19.2. The number of carbonyl (C=O) groups excluding carboxylic acids is 1. The number of amides is 1. The molecule has 23 heavy (non-hydrogen) atoms. The molecule has 0 saturated heterocycles. The fourth-order valence-corrected chi connectivity index (χ4v) is 2.64. The molecule has 0 saturated carbocycles. The second-order valence-corrected chi connectivity index (χ2v) is 5.78. The lowest BCUT2D eigenvalue weighted by atomic mass is 9.93. The average molecular weight is 333 g/mol. The van der Waals surface area contributed by atoms with Crippen molar-refractivity contribution >= 4 is 18.3 Å². The Morgan fingerprint density at radius 2 is 1.70 bits per heavy atom. The van der Waals surface area contributed by atoms with Crippen LogP contribution in [-0.2, 0) is 4.79 Å². The van der Waals surface area contributed by atoms with Gasteiger partial charge < -0.3 is 11.1 Å². The molecule has 0 aliphatic heterocycles. The van der Waals surface area contributed by atoms with Gasteiger partial charge in [0.2, 0.25) is 5.91 Å². The van der Waals surface area contributed by atoms with E-state index in [1.54, 1.807) is 0 Å². The molecule has 1 amide bonds. The van der Waals surface area contributed by atoms with E-state index >= 15 is 0 Å². The Balaban J connectivity index is 0.00000264. The van der Waals surface area contributed by atoms with Gasteiger partial charge in [0, 0.05) is 19.0 Å². The molecule has 2 atom stereocenters. The molecule has 0 heterocycles. The van der Waals surface area contributed by atoms with Crippen LogP contribution in [0.4, 0.5) is 0 Å². The van der Waals surface area contributed by atoms with Gasteiger partial charge in [0.05, 0.1) is 0 Å². The Bertz CT molecular complexity index is 616. The van der Waals surface area contributed by atoms with E-state index in [1.807, 2.05) is 42.5 Å². The summed E-state index contributed by atoms with van der Waals surface area (Å²) >= 11 is 0. The van der Waals surface area contributed by atoms with Crippen molar-refractivity contribution in [3.8, 4) is 0 Å². The number of aryl methyl sites for hydroxylation is 1. The summed E-state index contributed by atoms with van der Waals surface area (Å²) in [4.78, 5) is 12.1. The molecule has 0 aliphatic carbocycles. The quantitative estimate of drug-likeness (QED) is 0.847. The molecule has 124 valence electrons. The molecular weight excluding hydrogens is 308 g/mol. The van der Waals surface area contributed by atoms with Crippen molar-refractivity contribution in [3.05, 3.63) is 71.3 Å². The zero-order valence-corrected chi connectivity index (χ0v) is 14.5. The molecule has 0 radical (unpaired) electrons. The summed E-state index contributed by atoms with van der Waals surface area (Å²) in [6.07, 6.45) is 0.479. The maximum Gasteiger partial charge on any atom is 0.220 e. The van der Waals surface area contributed by atoms with Crippen molar-refractivity contribution in [1.82, 2.24) is 5.32 Å². The molecule has 3 nitrogen and oxygen atoms in total. The maximum atomic E-state index is 12.1. The number of benzene rings is 2. The van der Waals surface area contributed by atoms with Crippen LogP contribution in [0.15, 0.2) is 54.6 Å². The highest BCUT2D eigenvalue weighted by atomic mass is 35.5. The first-order chi connectivity index (χ1) is 10.6. The Hall–Kier alpha value is -1.84. The predicted molar refractivity (Wildman–Crippen MR) is 97.8 cm³/mol. The maximum absolute atomic E-state index is 12.1. The lowest BCUT2D eigenvalue weighted by Crippen LogP contribution is -2.32. The van der Waals surface area contributed by atoms with Crippen LogP contribution in [-0.4, -0.2) is 12.5 Å². The third-order valence-electron chi connectivity index (χ3n) is 3.96. The number of hydrogen-bond acceptors (Lipinski definition) is 2. The third-order valence-corrected chi connectivity index (χ3v) is 3.96. The zero-order valence-electron chi connectivity index (χ0n) is 13.7. The summed E-state index contributed by atoms with van der Waals surface area (Å²) in [6, 6.07) is 17.9. The van der Waals surface area contributed by atoms with Gasteiger partial charge >= 0.3 is 0 Å². The first-order valence-electron chi connectivity index (χ1n) is 7.70. The normalized spacial score (nSPS) is 12.8. The largest absolute Gasteiger partial charge is 0.354 e. The molecule has 2 aromatic rings. The van der Waals surface area contributed by atoms with Crippen molar-refractivity contribution in [1.29, 1.82) is 0 Å². The van der Waals surface area contributed by atoms with Crippen molar-refractivity contribution < 1.29 is 4.79 Å². The summed E-state index contributed by atoms with van der Waals surface area (Å²) in [5.41, 5.74) is 9.58. The molecule has 0 aliphatic rings. The summed E-state index contributed by atoms with van der Waals surface area (Å²) in [6.45, 7) is 4.62. The highest BCUT2D eigenvalue weighted by Crippen LogP contribution is 2.22. The van der Waals surface area contributed by atoms with Crippen molar-refractivity contribution in [2.24, 2.45) is 5.73 Å². The van der Waals surface area contributed by atoms with Gasteiger partial charge in [-0.15, -0.1) is 12.4 Å².